The number of benzene rings is 3. The minimum absolute atomic E-state index is 0.675. The van der Waals surface area contributed by atoms with Crippen molar-refractivity contribution in [3.63, 3.8) is 0 Å². The van der Waals surface area contributed by atoms with E-state index in [4.69, 9.17) is 9.47 Å². The van der Waals surface area contributed by atoms with Gasteiger partial charge in [0, 0.05) is 23.2 Å². The summed E-state index contributed by atoms with van der Waals surface area (Å²) in [5.74, 6) is 1.53. The number of methoxy groups -OCH3 is 2. The summed E-state index contributed by atoms with van der Waals surface area (Å²) in [6.45, 7) is 0.675. The van der Waals surface area contributed by atoms with Crippen molar-refractivity contribution in [2.24, 2.45) is 0 Å². The molecule has 0 aliphatic carbocycles. The van der Waals surface area contributed by atoms with Gasteiger partial charge in [-0.2, -0.15) is 0 Å². The Bertz CT molecular complexity index is 778. The van der Waals surface area contributed by atoms with E-state index < -0.39 is 0 Å². The third-order valence-electron chi connectivity index (χ3n) is 3.74. The van der Waals surface area contributed by atoms with Crippen molar-refractivity contribution >= 4 is 16.5 Å². The van der Waals surface area contributed by atoms with Crippen molar-refractivity contribution in [1.29, 1.82) is 0 Å². The fourth-order valence-corrected chi connectivity index (χ4v) is 2.66. The summed E-state index contributed by atoms with van der Waals surface area (Å²) in [5.41, 5.74) is 2.18. The van der Waals surface area contributed by atoms with Gasteiger partial charge in [0.05, 0.1) is 14.2 Å². The number of hydrogen-bond donors (Lipinski definition) is 1. The normalized spacial score (nSPS) is 10.5. The zero-order chi connectivity index (χ0) is 15.4. The van der Waals surface area contributed by atoms with E-state index >= 15 is 0 Å². The smallest absolute Gasteiger partial charge is 0.165 e. The summed E-state index contributed by atoms with van der Waals surface area (Å²) in [7, 11) is 3.32. The van der Waals surface area contributed by atoms with E-state index in [1.54, 1.807) is 14.2 Å². The molecule has 0 aliphatic rings. The molecule has 0 fully saturated rings. The minimum atomic E-state index is 0.675. The summed E-state index contributed by atoms with van der Waals surface area (Å²) in [6.07, 6.45) is 0. The number of nitrogens with one attached hydrogen (secondary N) is 1. The van der Waals surface area contributed by atoms with E-state index in [9.17, 15) is 0 Å². The van der Waals surface area contributed by atoms with Crippen LogP contribution in [0.4, 0.5) is 5.69 Å². The molecule has 0 aliphatic heterocycles. The Morgan fingerprint density at radius 2 is 1.59 bits per heavy atom. The summed E-state index contributed by atoms with van der Waals surface area (Å²) in [4.78, 5) is 0. The van der Waals surface area contributed by atoms with Crippen LogP contribution in [-0.4, -0.2) is 14.2 Å². The number of hydrogen-bond acceptors (Lipinski definition) is 3. The average Bonchev–Trinajstić information content (AvgIpc) is 2.59. The fraction of sp³-hybridized carbons (Fsp3) is 0.158. The van der Waals surface area contributed by atoms with Gasteiger partial charge in [0.15, 0.2) is 11.5 Å². The van der Waals surface area contributed by atoms with Crippen LogP contribution in [0.2, 0.25) is 0 Å². The van der Waals surface area contributed by atoms with Crippen LogP contribution in [0.15, 0.2) is 60.7 Å². The van der Waals surface area contributed by atoms with Crippen LogP contribution < -0.4 is 14.8 Å². The zero-order valence-electron chi connectivity index (χ0n) is 12.8. The summed E-state index contributed by atoms with van der Waals surface area (Å²) in [5, 5.41) is 5.94. The Hall–Kier alpha value is -2.68. The second-order valence-corrected chi connectivity index (χ2v) is 5.03. The van der Waals surface area contributed by atoms with E-state index in [-0.39, 0.29) is 0 Å². The highest BCUT2D eigenvalue weighted by Gasteiger charge is 2.09. The van der Waals surface area contributed by atoms with Crippen LogP contribution in [0, 0.1) is 0 Å². The van der Waals surface area contributed by atoms with E-state index in [0.717, 1.165) is 22.7 Å². The molecule has 1 N–H and O–H groups in total. The lowest BCUT2D eigenvalue weighted by atomic mass is 10.1. The molecule has 0 unspecified atom stereocenters. The van der Waals surface area contributed by atoms with Gasteiger partial charge in [0.1, 0.15) is 0 Å². The van der Waals surface area contributed by atoms with Crippen molar-refractivity contribution in [2.45, 2.75) is 6.54 Å². The lowest BCUT2D eigenvalue weighted by molar-refractivity contribution is 0.352. The van der Waals surface area contributed by atoms with Gasteiger partial charge in [-0.05, 0) is 17.5 Å². The predicted molar refractivity (Wildman–Crippen MR) is 90.8 cm³/mol. The van der Waals surface area contributed by atoms with Crippen LogP contribution in [0.1, 0.15) is 5.56 Å². The third-order valence-corrected chi connectivity index (χ3v) is 3.74. The Labute approximate surface area is 130 Å². The Balaban J connectivity index is 1.89. The van der Waals surface area contributed by atoms with E-state index in [0.29, 0.717) is 6.54 Å². The summed E-state index contributed by atoms with van der Waals surface area (Å²) < 4.78 is 10.8. The first kappa shape index (κ1) is 14.3. The molecule has 0 aromatic heterocycles. The van der Waals surface area contributed by atoms with Gasteiger partial charge in [-0.15, -0.1) is 0 Å². The maximum absolute atomic E-state index is 5.48. The molecule has 0 saturated carbocycles. The van der Waals surface area contributed by atoms with Crippen LogP contribution in [0.5, 0.6) is 11.5 Å². The number of para-hydroxylation sites is 1. The second kappa shape index (κ2) is 6.39. The maximum Gasteiger partial charge on any atom is 0.165 e. The molecule has 3 rings (SSSR count). The fourth-order valence-electron chi connectivity index (χ4n) is 2.66. The molecule has 3 nitrogen and oxygen atoms in total. The predicted octanol–water partition coefficient (Wildman–Crippen LogP) is 4.47. The molecule has 0 amide bonds. The monoisotopic (exact) mass is 293 g/mol. The van der Waals surface area contributed by atoms with Crippen molar-refractivity contribution in [3.8, 4) is 11.5 Å². The maximum atomic E-state index is 5.48. The zero-order valence-corrected chi connectivity index (χ0v) is 12.8. The third kappa shape index (κ3) is 2.70. The van der Waals surface area contributed by atoms with Gasteiger partial charge < -0.3 is 14.8 Å². The molecule has 0 atom stereocenters. The first-order valence-corrected chi connectivity index (χ1v) is 7.25. The second-order valence-electron chi connectivity index (χ2n) is 5.03. The number of fused-ring (bicyclic) bond motifs is 1. The Morgan fingerprint density at radius 3 is 2.41 bits per heavy atom. The lowest BCUT2D eigenvalue weighted by Crippen LogP contribution is -2.03. The Morgan fingerprint density at radius 1 is 0.818 bits per heavy atom. The highest BCUT2D eigenvalue weighted by atomic mass is 16.5. The van der Waals surface area contributed by atoms with Crippen LogP contribution >= 0.6 is 0 Å². The SMILES string of the molecule is COc1cccc(CNc2cccc3ccccc23)c1OC. The molecule has 0 radical (unpaired) electrons. The Kier molecular flexibility index (Phi) is 4.15. The molecule has 0 heterocycles. The molecule has 0 saturated heterocycles. The average molecular weight is 293 g/mol. The van der Waals surface area contributed by atoms with Crippen LogP contribution in [0.25, 0.3) is 10.8 Å². The highest BCUT2D eigenvalue weighted by Crippen LogP contribution is 2.31. The molecular formula is C19H19NO2. The van der Waals surface area contributed by atoms with Crippen molar-refractivity contribution in [2.75, 3.05) is 19.5 Å². The van der Waals surface area contributed by atoms with E-state index in [1.807, 2.05) is 18.2 Å². The molecule has 3 heteroatoms. The van der Waals surface area contributed by atoms with E-state index in [2.05, 4.69) is 47.8 Å². The molecule has 112 valence electrons. The van der Waals surface area contributed by atoms with Crippen LogP contribution in [-0.2, 0) is 6.54 Å². The first-order valence-electron chi connectivity index (χ1n) is 7.25. The molecular weight excluding hydrogens is 274 g/mol. The molecule has 3 aromatic carbocycles. The largest absolute Gasteiger partial charge is 0.493 e. The van der Waals surface area contributed by atoms with Crippen molar-refractivity contribution in [1.82, 2.24) is 0 Å². The topological polar surface area (TPSA) is 30.5 Å². The van der Waals surface area contributed by atoms with Gasteiger partial charge in [0.2, 0.25) is 0 Å². The van der Waals surface area contributed by atoms with Gasteiger partial charge in [-0.25, -0.2) is 0 Å². The van der Waals surface area contributed by atoms with Crippen molar-refractivity contribution in [3.05, 3.63) is 66.2 Å². The molecule has 0 spiro atoms. The summed E-state index contributed by atoms with van der Waals surface area (Å²) in [6, 6.07) is 20.5. The standard InChI is InChI=1S/C19H19NO2/c1-21-18-12-6-9-15(19(18)22-2)13-20-17-11-5-8-14-7-3-4-10-16(14)17/h3-12,20H,13H2,1-2H3. The molecule has 3 aromatic rings. The van der Waals surface area contributed by atoms with Gasteiger partial charge in [0.25, 0.3) is 0 Å². The van der Waals surface area contributed by atoms with Crippen molar-refractivity contribution < 1.29 is 9.47 Å². The van der Waals surface area contributed by atoms with Gasteiger partial charge in [-0.3, -0.25) is 0 Å². The van der Waals surface area contributed by atoms with Crippen LogP contribution in [0.3, 0.4) is 0 Å². The molecule has 22 heavy (non-hydrogen) atoms. The highest BCUT2D eigenvalue weighted by molar-refractivity contribution is 5.93. The van der Waals surface area contributed by atoms with E-state index in [1.165, 1.54) is 10.8 Å². The first-order chi connectivity index (χ1) is 10.8. The van der Waals surface area contributed by atoms with Gasteiger partial charge in [-0.1, -0.05) is 48.5 Å². The minimum Gasteiger partial charge on any atom is -0.493 e. The lowest BCUT2D eigenvalue weighted by Gasteiger charge is -2.14. The quantitative estimate of drug-likeness (QED) is 0.753. The molecule has 0 bridgehead atoms. The van der Waals surface area contributed by atoms with Gasteiger partial charge >= 0.3 is 0 Å². The summed E-state index contributed by atoms with van der Waals surface area (Å²) >= 11 is 0. The number of rotatable bonds is 5. The number of anilines is 1. The number of ether oxygens (including phenoxy) is 2.